The van der Waals surface area contributed by atoms with Gasteiger partial charge in [0, 0.05) is 12.6 Å². The van der Waals surface area contributed by atoms with Crippen LogP contribution < -0.4 is 0 Å². The van der Waals surface area contributed by atoms with E-state index < -0.39 is 5.60 Å². The average Bonchev–Trinajstić information content (AvgIpc) is 2.10. The number of hydrogen-bond donors (Lipinski definition) is 0. The predicted molar refractivity (Wildman–Crippen MR) is 65.0 cm³/mol. The minimum atomic E-state index is -0.491. The fraction of sp³-hybridized carbons (Fsp3) is 0.846. The molecule has 0 spiro atoms. The third-order valence-corrected chi connectivity index (χ3v) is 4.00. The summed E-state index contributed by atoms with van der Waals surface area (Å²) in [5.41, 5.74) is -1.00. The summed E-state index contributed by atoms with van der Waals surface area (Å²) >= 11 is 0. The zero-order valence-corrected chi connectivity index (χ0v) is 11.7. The number of esters is 1. The van der Waals surface area contributed by atoms with Gasteiger partial charge in [-0.1, -0.05) is 0 Å². The van der Waals surface area contributed by atoms with Crippen molar-refractivity contribution in [1.82, 2.24) is 4.90 Å². The first-order valence-electron chi connectivity index (χ1n) is 6.19. The van der Waals surface area contributed by atoms with E-state index in [1.807, 2.05) is 20.8 Å². The Kier molecular flexibility index (Phi) is 2.65. The second kappa shape index (κ2) is 3.62. The van der Waals surface area contributed by atoms with Gasteiger partial charge in [-0.15, -0.1) is 0 Å². The van der Waals surface area contributed by atoms with E-state index in [1.54, 1.807) is 11.9 Å². The van der Waals surface area contributed by atoms with Crippen LogP contribution in [0.25, 0.3) is 0 Å². The van der Waals surface area contributed by atoms with Crippen molar-refractivity contribution >= 4 is 12.1 Å². The highest BCUT2D eigenvalue weighted by molar-refractivity contribution is 5.83. The molecule has 1 amide bonds. The Morgan fingerprint density at radius 1 is 1.17 bits per heavy atom. The van der Waals surface area contributed by atoms with Crippen LogP contribution in [0.3, 0.4) is 0 Å². The first-order valence-corrected chi connectivity index (χ1v) is 6.19. The molecule has 0 aromatic heterocycles. The lowest BCUT2D eigenvalue weighted by Crippen LogP contribution is -2.77. The Balaban J connectivity index is 1.93. The normalized spacial score (nSPS) is 32.9. The summed E-state index contributed by atoms with van der Waals surface area (Å²) in [4.78, 5) is 25.2. The highest BCUT2D eigenvalue weighted by Crippen LogP contribution is 2.70. The lowest BCUT2D eigenvalue weighted by molar-refractivity contribution is -0.224. The van der Waals surface area contributed by atoms with Crippen LogP contribution in [0.1, 0.15) is 40.0 Å². The van der Waals surface area contributed by atoms with Crippen molar-refractivity contribution in [3.05, 3.63) is 0 Å². The molecule has 0 aromatic carbocycles. The van der Waals surface area contributed by atoms with E-state index in [0.717, 1.165) is 0 Å². The van der Waals surface area contributed by atoms with Gasteiger partial charge in [0.2, 0.25) is 0 Å². The van der Waals surface area contributed by atoms with E-state index in [1.165, 1.54) is 7.11 Å². The lowest BCUT2D eigenvalue weighted by atomic mass is 9.39. The van der Waals surface area contributed by atoms with Crippen molar-refractivity contribution < 1.29 is 19.1 Å². The van der Waals surface area contributed by atoms with E-state index in [-0.39, 0.29) is 23.0 Å². The quantitative estimate of drug-likeness (QED) is 0.708. The molecule has 3 aliphatic carbocycles. The molecular weight excluding hydrogens is 234 g/mol. The number of hydrogen-bond acceptors (Lipinski definition) is 4. The summed E-state index contributed by atoms with van der Waals surface area (Å²) in [5.74, 6) is -0.151. The zero-order valence-electron chi connectivity index (χ0n) is 11.7. The fourth-order valence-corrected chi connectivity index (χ4v) is 3.05. The summed E-state index contributed by atoms with van der Waals surface area (Å²) in [6, 6.07) is 0. The number of ether oxygens (including phenoxy) is 2. The summed E-state index contributed by atoms with van der Waals surface area (Å²) < 4.78 is 10.1. The molecule has 0 atom stereocenters. The van der Waals surface area contributed by atoms with Crippen LogP contribution >= 0.6 is 0 Å². The van der Waals surface area contributed by atoms with Crippen LogP contribution in [0.5, 0.6) is 0 Å². The van der Waals surface area contributed by atoms with E-state index in [0.29, 0.717) is 19.3 Å². The maximum absolute atomic E-state index is 12.0. The van der Waals surface area contributed by atoms with Crippen LogP contribution in [0.2, 0.25) is 0 Å². The molecule has 3 rings (SSSR count). The number of methoxy groups -OCH3 is 1. The maximum atomic E-state index is 12.0. The molecule has 0 saturated heterocycles. The Morgan fingerprint density at radius 2 is 1.67 bits per heavy atom. The molecule has 102 valence electrons. The average molecular weight is 255 g/mol. The van der Waals surface area contributed by atoms with Gasteiger partial charge in [-0.05, 0) is 40.0 Å². The summed E-state index contributed by atoms with van der Waals surface area (Å²) in [6.45, 7) is 5.53. The van der Waals surface area contributed by atoms with Gasteiger partial charge in [0.05, 0.1) is 12.5 Å². The molecule has 0 heterocycles. The molecule has 2 bridgehead atoms. The lowest BCUT2D eigenvalue weighted by Gasteiger charge is -2.70. The monoisotopic (exact) mass is 255 g/mol. The number of rotatable bonds is 2. The highest BCUT2D eigenvalue weighted by atomic mass is 16.6. The fourth-order valence-electron chi connectivity index (χ4n) is 3.05. The molecule has 0 aromatic rings. The Morgan fingerprint density at radius 3 is 2.06 bits per heavy atom. The SMILES string of the molecule is COC(=O)C12CC(N(C)C(=O)OC(C)(C)C)(C1)C2. The van der Waals surface area contributed by atoms with Gasteiger partial charge in [0.15, 0.2) is 0 Å². The van der Waals surface area contributed by atoms with Crippen LogP contribution in [0.15, 0.2) is 0 Å². The second-order valence-corrected chi connectivity index (χ2v) is 6.57. The van der Waals surface area contributed by atoms with Gasteiger partial charge in [0.25, 0.3) is 0 Å². The van der Waals surface area contributed by atoms with Crippen molar-refractivity contribution in [1.29, 1.82) is 0 Å². The van der Waals surface area contributed by atoms with Gasteiger partial charge < -0.3 is 14.4 Å². The molecule has 5 nitrogen and oxygen atoms in total. The number of nitrogens with zero attached hydrogens (tertiary/aromatic N) is 1. The molecule has 0 radical (unpaired) electrons. The largest absolute Gasteiger partial charge is 0.469 e. The van der Waals surface area contributed by atoms with Crippen molar-refractivity contribution in [3.63, 3.8) is 0 Å². The molecule has 0 unspecified atom stereocenters. The number of amides is 1. The van der Waals surface area contributed by atoms with Gasteiger partial charge in [-0.25, -0.2) is 4.79 Å². The second-order valence-electron chi connectivity index (χ2n) is 6.57. The molecule has 0 N–H and O–H groups in total. The molecular formula is C13H21NO4. The molecule has 3 fully saturated rings. The van der Waals surface area contributed by atoms with Crippen LogP contribution in [-0.2, 0) is 14.3 Å². The smallest absolute Gasteiger partial charge is 0.410 e. The van der Waals surface area contributed by atoms with E-state index >= 15 is 0 Å². The summed E-state index contributed by atoms with van der Waals surface area (Å²) in [7, 11) is 3.15. The van der Waals surface area contributed by atoms with Gasteiger partial charge in [-0.2, -0.15) is 0 Å². The molecule has 3 aliphatic rings. The van der Waals surface area contributed by atoms with Crippen LogP contribution in [0.4, 0.5) is 4.79 Å². The van der Waals surface area contributed by atoms with Crippen molar-refractivity contribution in [3.8, 4) is 0 Å². The van der Waals surface area contributed by atoms with E-state index in [2.05, 4.69) is 0 Å². The molecule has 0 aliphatic heterocycles. The van der Waals surface area contributed by atoms with Crippen molar-refractivity contribution in [2.45, 2.75) is 51.2 Å². The Hall–Kier alpha value is -1.26. The topological polar surface area (TPSA) is 55.8 Å². The third kappa shape index (κ3) is 1.76. The molecule has 3 saturated carbocycles. The minimum Gasteiger partial charge on any atom is -0.469 e. The van der Waals surface area contributed by atoms with Crippen LogP contribution in [-0.4, -0.2) is 42.3 Å². The van der Waals surface area contributed by atoms with Gasteiger partial charge >= 0.3 is 12.1 Å². The number of carbonyl (C=O) groups is 2. The van der Waals surface area contributed by atoms with E-state index in [4.69, 9.17) is 9.47 Å². The predicted octanol–water partition coefficient (Wildman–Crippen LogP) is 1.95. The van der Waals surface area contributed by atoms with Crippen LogP contribution in [0, 0.1) is 5.41 Å². The van der Waals surface area contributed by atoms with E-state index in [9.17, 15) is 9.59 Å². The standard InChI is InChI=1S/C13H21NO4/c1-11(2,3)18-10(16)14(4)13-6-12(7-13,8-13)9(15)17-5/h6-8H2,1-5H3. The summed E-state index contributed by atoms with van der Waals surface area (Å²) in [5, 5.41) is 0. The molecule has 5 heteroatoms. The minimum absolute atomic E-state index is 0.151. The van der Waals surface area contributed by atoms with Crippen molar-refractivity contribution in [2.75, 3.05) is 14.2 Å². The van der Waals surface area contributed by atoms with Gasteiger partial charge in [0.1, 0.15) is 5.60 Å². The maximum Gasteiger partial charge on any atom is 0.410 e. The first-order chi connectivity index (χ1) is 8.14. The zero-order chi connectivity index (χ0) is 13.8. The van der Waals surface area contributed by atoms with Gasteiger partial charge in [-0.3, -0.25) is 4.79 Å². The Labute approximate surface area is 107 Å². The Bertz CT molecular complexity index is 377. The number of carbonyl (C=O) groups excluding carboxylic acids is 2. The third-order valence-electron chi connectivity index (χ3n) is 4.00. The highest BCUT2D eigenvalue weighted by Gasteiger charge is 2.75. The summed E-state index contributed by atoms with van der Waals surface area (Å²) in [6.07, 6.45) is 1.77. The first kappa shape index (κ1) is 13.2. The van der Waals surface area contributed by atoms with Crippen molar-refractivity contribution in [2.24, 2.45) is 5.41 Å². The molecule has 18 heavy (non-hydrogen) atoms.